The van der Waals surface area contributed by atoms with Crippen molar-refractivity contribution >= 4 is 11.6 Å². The number of rotatable bonds is 5. The number of para-hydroxylation sites is 1. The van der Waals surface area contributed by atoms with Crippen molar-refractivity contribution in [3.05, 3.63) is 46.8 Å². The number of hydrogen-bond donors (Lipinski definition) is 1. The number of hydrogen-bond acceptors (Lipinski definition) is 5. The van der Waals surface area contributed by atoms with E-state index in [1.807, 2.05) is 6.07 Å². The van der Waals surface area contributed by atoms with Crippen LogP contribution in [0.15, 0.2) is 39.5 Å². The Morgan fingerprint density at radius 2 is 2.16 bits per heavy atom. The third kappa shape index (κ3) is 3.52. The van der Waals surface area contributed by atoms with Crippen LogP contribution in [0.3, 0.4) is 0 Å². The van der Waals surface area contributed by atoms with Crippen LogP contribution in [-0.4, -0.2) is 22.8 Å². The standard InChI is InChI=1S/C12H13N3O4/c1-18-8-11-14-15(12(17)19-11)7-10(16)13-9-5-3-2-4-6-9/h2-6H,7-8H2,1H3,(H,13,16). The van der Waals surface area contributed by atoms with Crippen molar-refractivity contribution in [1.82, 2.24) is 9.78 Å². The van der Waals surface area contributed by atoms with Crippen molar-refractivity contribution in [2.45, 2.75) is 13.2 Å². The molecule has 7 nitrogen and oxygen atoms in total. The first-order chi connectivity index (χ1) is 9.19. The summed E-state index contributed by atoms with van der Waals surface area (Å²) in [5.41, 5.74) is 0.654. The number of benzene rings is 1. The van der Waals surface area contributed by atoms with Gasteiger partial charge in [0.2, 0.25) is 11.8 Å². The van der Waals surface area contributed by atoms with E-state index in [1.165, 1.54) is 7.11 Å². The fourth-order valence-corrected chi connectivity index (χ4v) is 1.49. The topological polar surface area (TPSA) is 86.4 Å². The summed E-state index contributed by atoms with van der Waals surface area (Å²) in [6, 6.07) is 8.94. The summed E-state index contributed by atoms with van der Waals surface area (Å²) < 4.78 is 10.5. The highest BCUT2D eigenvalue weighted by molar-refractivity contribution is 5.90. The molecule has 1 amide bonds. The summed E-state index contributed by atoms with van der Waals surface area (Å²) in [5.74, 6) is -0.902. The first kappa shape index (κ1) is 13.0. The van der Waals surface area contributed by atoms with Gasteiger partial charge in [0.15, 0.2) is 0 Å². The zero-order valence-corrected chi connectivity index (χ0v) is 10.3. The minimum absolute atomic E-state index is 0.0859. The average molecular weight is 263 g/mol. The Morgan fingerprint density at radius 3 is 2.84 bits per heavy atom. The fraction of sp³-hybridized carbons (Fsp3) is 0.250. The molecular weight excluding hydrogens is 250 g/mol. The lowest BCUT2D eigenvalue weighted by molar-refractivity contribution is -0.117. The van der Waals surface area contributed by atoms with Gasteiger partial charge in [-0.25, -0.2) is 4.79 Å². The molecule has 0 bridgehead atoms. The molecule has 0 aliphatic heterocycles. The van der Waals surface area contributed by atoms with Crippen LogP contribution < -0.4 is 11.1 Å². The maximum Gasteiger partial charge on any atom is 0.437 e. The van der Waals surface area contributed by atoms with Gasteiger partial charge in [-0.3, -0.25) is 4.79 Å². The van der Waals surface area contributed by atoms with Crippen molar-refractivity contribution in [1.29, 1.82) is 0 Å². The summed E-state index contributed by atoms with van der Waals surface area (Å²) in [6.45, 7) is -0.122. The smallest absolute Gasteiger partial charge is 0.390 e. The summed E-state index contributed by atoms with van der Waals surface area (Å²) in [5, 5.41) is 6.48. The van der Waals surface area contributed by atoms with Crippen LogP contribution in [0, 0.1) is 0 Å². The van der Waals surface area contributed by atoms with Gasteiger partial charge in [0.25, 0.3) is 0 Å². The first-order valence-corrected chi connectivity index (χ1v) is 5.59. The van der Waals surface area contributed by atoms with Gasteiger partial charge in [-0.2, -0.15) is 4.68 Å². The van der Waals surface area contributed by atoms with Crippen molar-refractivity contribution in [3.63, 3.8) is 0 Å². The molecule has 0 saturated heterocycles. The van der Waals surface area contributed by atoms with E-state index in [9.17, 15) is 9.59 Å². The van der Waals surface area contributed by atoms with E-state index in [4.69, 9.17) is 9.15 Å². The Balaban J connectivity index is 2.01. The third-order valence-corrected chi connectivity index (χ3v) is 2.27. The summed E-state index contributed by atoms with van der Waals surface area (Å²) in [7, 11) is 1.46. The second kappa shape index (κ2) is 5.96. The predicted octanol–water partition coefficient (Wildman–Crippen LogP) is 0.621. The van der Waals surface area contributed by atoms with Crippen molar-refractivity contribution in [3.8, 4) is 0 Å². The first-order valence-electron chi connectivity index (χ1n) is 5.59. The largest absolute Gasteiger partial charge is 0.437 e. The zero-order valence-electron chi connectivity index (χ0n) is 10.3. The van der Waals surface area contributed by atoms with E-state index >= 15 is 0 Å². The van der Waals surface area contributed by atoms with Crippen molar-refractivity contribution in [2.75, 3.05) is 12.4 Å². The Hall–Kier alpha value is -2.41. The second-order valence-electron chi connectivity index (χ2n) is 3.77. The van der Waals surface area contributed by atoms with E-state index in [0.29, 0.717) is 5.69 Å². The molecule has 2 aromatic rings. The number of carbonyl (C=O) groups excluding carboxylic acids is 1. The Bertz CT molecular complexity index is 603. The van der Waals surface area contributed by atoms with Crippen LogP contribution in [0.4, 0.5) is 5.69 Å². The predicted molar refractivity (Wildman–Crippen MR) is 66.5 cm³/mol. The molecule has 2 rings (SSSR count). The van der Waals surface area contributed by atoms with Gasteiger partial charge in [-0.15, -0.1) is 5.10 Å². The molecule has 0 atom stereocenters. The molecule has 0 fully saturated rings. The molecule has 0 radical (unpaired) electrons. The number of amides is 1. The number of ether oxygens (including phenoxy) is 1. The molecule has 1 N–H and O–H groups in total. The molecule has 1 aromatic carbocycles. The molecule has 19 heavy (non-hydrogen) atoms. The van der Waals surface area contributed by atoms with Gasteiger partial charge in [0, 0.05) is 12.8 Å². The highest BCUT2D eigenvalue weighted by Gasteiger charge is 2.11. The van der Waals surface area contributed by atoms with E-state index in [-0.39, 0.29) is 24.9 Å². The second-order valence-corrected chi connectivity index (χ2v) is 3.77. The summed E-state index contributed by atoms with van der Waals surface area (Å²) in [4.78, 5) is 23.1. The van der Waals surface area contributed by atoms with Crippen LogP contribution in [0.25, 0.3) is 0 Å². The normalized spacial score (nSPS) is 10.4. The van der Waals surface area contributed by atoms with Crippen molar-refractivity contribution in [2.24, 2.45) is 0 Å². The molecule has 0 aliphatic rings. The molecular formula is C12H13N3O4. The van der Waals surface area contributed by atoms with Crippen molar-refractivity contribution < 1.29 is 13.9 Å². The van der Waals surface area contributed by atoms with Crippen LogP contribution in [0.2, 0.25) is 0 Å². The summed E-state index contributed by atoms with van der Waals surface area (Å²) in [6.07, 6.45) is 0. The lowest BCUT2D eigenvalue weighted by Crippen LogP contribution is -2.25. The molecule has 0 spiro atoms. The third-order valence-electron chi connectivity index (χ3n) is 2.27. The van der Waals surface area contributed by atoms with Crippen LogP contribution in [-0.2, 0) is 22.7 Å². The van der Waals surface area contributed by atoms with Gasteiger partial charge in [0.1, 0.15) is 13.2 Å². The number of anilines is 1. The highest BCUT2D eigenvalue weighted by atomic mass is 16.5. The lowest BCUT2D eigenvalue weighted by Gasteiger charge is -2.03. The van der Waals surface area contributed by atoms with Gasteiger partial charge in [0.05, 0.1) is 0 Å². The molecule has 1 aromatic heterocycles. The minimum atomic E-state index is -0.685. The van der Waals surface area contributed by atoms with Crippen LogP contribution in [0.5, 0.6) is 0 Å². The van der Waals surface area contributed by atoms with E-state index in [2.05, 4.69) is 10.4 Å². The number of carbonyl (C=O) groups is 1. The minimum Gasteiger partial charge on any atom is -0.390 e. The lowest BCUT2D eigenvalue weighted by atomic mass is 10.3. The molecule has 7 heteroatoms. The Kier molecular flexibility index (Phi) is 4.09. The van der Waals surface area contributed by atoms with E-state index in [0.717, 1.165) is 4.68 Å². The number of methoxy groups -OCH3 is 1. The monoisotopic (exact) mass is 263 g/mol. The molecule has 0 unspecified atom stereocenters. The Labute approximate surface area is 108 Å². The number of nitrogens with one attached hydrogen (secondary N) is 1. The quantitative estimate of drug-likeness (QED) is 0.854. The maximum absolute atomic E-state index is 11.7. The zero-order chi connectivity index (χ0) is 13.7. The molecule has 0 saturated carbocycles. The van der Waals surface area contributed by atoms with Crippen LogP contribution in [0.1, 0.15) is 5.89 Å². The molecule has 0 aliphatic carbocycles. The summed E-state index contributed by atoms with van der Waals surface area (Å²) >= 11 is 0. The van der Waals surface area contributed by atoms with Crippen LogP contribution >= 0.6 is 0 Å². The average Bonchev–Trinajstić information content (AvgIpc) is 2.71. The van der Waals surface area contributed by atoms with Gasteiger partial charge >= 0.3 is 5.76 Å². The number of aromatic nitrogens is 2. The molecule has 100 valence electrons. The van der Waals surface area contributed by atoms with E-state index in [1.54, 1.807) is 24.3 Å². The fourth-order valence-electron chi connectivity index (χ4n) is 1.49. The van der Waals surface area contributed by atoms with Gasteiger partial charge < -0.3 is 14.5 Å². The van der Waals surface area contributed by atoms with Gasteiger partial charge in [-0.1, -0.05) is 18.2 Å². The highest BCUT2D eigenvalue weighted by Crippen LogP contribution is 2.04. The number of nitrogens with zero attached hydrogens (tertiary/aromatic N) is 2. The van der Waals surface area contributed by atoms with E-state index < -0.39 is 5.76 Å². The molecule has 1 heterocycles. The van der Waals surface area contributed by atoms with Gasteiger partial charge in [-0.05, 0) is 12.1 Å². The SMILES string of the molecule is COCc1nn(CC(=O)Nc2ccccc2)c(=O)o1. The Morgan fingerprint density at radius 1 is 1.42 bits per heavy atom. The maximum atomic E-state index is 11.7.